The Hall–Kier alpha value is -0.570. The molecule has 1 heterocycles. The van der Waals surface area contributed by atoms with Crippen molar-refractivity contribution in [2.24, 2.45) is 11.7 Å². The molecule has 0 radical (unpaired) electrons. The minimum atomic E-state index is -3.73. The van der Waals surface area contributed by atoms with Crippen molar-refractivity contribution < 1.29 is 13.2 Å². The molecule has 1 amide bonds. The van der Waals surface area contributed by atoms with Crippen LogP contribution in [0.3, 0.4) is 0 Å². The third-order valence-electron chi connectivity index (χ3n) is 3.67. The van der Waals surface area contributed by atoms with Crippen LogP contribution in [-0.4, -0.2) is 44.8 Å². The molecule has 0 aromatic heterocycles. The number of carbonyl (C=O) groups excluding carboxylic acids is 1. The van der Waals surface area contributed by atoms with Gasteiger partial charge in [0.05, 0.1) is 10.8 Å². The second-order valence-corrected chi connectivity index (χ2v) is 8.20. The molecule has 0 spiro atoms. The molecule has 10 heteroatoms. The lowest BCUT2D eigenvalue weighted by atomic mass is 9.99. The van der Waals surface area contributed by atoms with E-state index in [0.717, 1.165) is 0 Å². The van der Waals surface area contributed by atoms with Gasteiger partial charge in [-0.3, -0.25) is 4.79 Å². The third kappa shape index (κ3) is 5.21. The van der Waals surface area contributed by atoms with Crippen LogP contribution in [0.15, 0.2) is 23.1 Å². The highest BCUT2D eigenvalue weighted by Crippen LogP contribution is 2.28. The van der Waals surface area contributed by atoms with Crippen molar-refractivity contribution in [3.8, 4) is 0 Å². The molecule has 1 fully saturated rings. The van der Waals surface area contributed by atoms with Crippen LogP contribution in [-0.2, 0) is 14.8 Å². The van der Waals surface area contributed by atoms with Crippen molar-refractivity contribution in [2.75, 3.05) is 26.2 Å². The number of sulfonamides is 1. The van der Waals surface area contributed by atoms with E-state index in [1.54, 1.807) is 0 Å². The maximum absolute atomic E-state index is 12.7. The average Bonchev–Trinajstić information content (AvgIpc) is 2.51. The lowest BCUT2D eigenvalue weighted by Crippen LogP contribution is -2.46. The summed E-state index contributed by atoms with van der Waals surface area (Å²) in [6.07, 6.45) is 1.27. The maximum atomic E-state index is 12.7. The predicted molar refractivity (Wildman–Crippen MR) is 97.3 cm³/mol. The maximum Gasteiger partial charge on any atom is 0.243 e. The number of rotatable bonds is 5. The van der Waals surface area contributed by atoms with Gasteiger partial charge in [0.25, 0.3) is 0 Å². The van der Waals surface area contributed by atoms with Crippen LogP contribution in [0.25, 0.3) is 0 Å². The van der Waals surface area contributed by atoms with Crippen LogP contribution in [0.1, 0.15) is 12.8 Å². The van der Waals surface area contributed by atoms with E-state index in [2.05, 4.69) is 5.32 Å². The average molecular weight is 417 g/mol. The van der Waals surface area contributed by atoms with E-state index in [9.17, 15) is 13.2 Å². The highest BCUT2D eigenvalue weighted by atomic mass is 35.5. The summed E-state index contributed by atoms with van der Waals surface area (Å²) in [7, 11) is -3.73. The molecular formula is C14H20Cl3N3O3S. The molecule has 1 atom stereocenters. The van der Waals surface area contributed by atoms with E-state index in [-0.39, 0.29) is 45.7 Å². The Bertz CT molecular complexity index is 665. The number of hydrogen-bond acceptors (Lipinski definition) is 4. The number of nitrogens with two attached hydrogens (primary N) is 1. The largest absolute Gasteiger partial charge is 0.355 e. The van der Waals surface area contributed by atoms with Gasteiger partial charge in [-0.1, -0.05) is 23.2 Å². The van der Waals surface area contributed by atoms with Crippen LogP contribution in [0, 0.1) is 5.92 Å². The molecule has 0 bridgehead atoms. The number of hydrogen-bond donors (Lipinski definition) is 2. The van der Waals surface area contributed by atoms with Gasteiger partial charge < -0.3 is 11.1 Å². The number of carbonyl (C=O) groups is 1. The molecule has 1 saturated heterocycles. The second-order valence-electron chi connectivity index (χ2n) is 5.39. The number of nitrogens with one attached hydrogen (secondary N) is 1. The molecular weight excluding hydrogens is 397 g/mol. The van der Waals surface area contributed by atoms with Crippen molar-refractivity contribution in [3.63, 3.8) is 0 Å². The second kappa shape index (κ2) is 9.22. The molecule has 1 aromatic rings. The molecule has 24 heavy (non-hydrogen) atoms. The fourth-order valence-electron chi connectivity index (χ4n) is 2.54. The van der Waals surface area contributed by atoms with Crippen molar-refractivity contribution in [3.05, 3.63) is 28.2 Å². The standard InChI is InChI=1S/C14H19Cl2N3O3S.ClH/c15-11-6-12(16)8-13(7-11)23(21,22)19-5-1-2-10(9-19)14(20)18-4-3-17;/h6-8,10H,1-5,9,17H2,(H,18,20);1H. The fourth-order valence-corrected chi connectivity index (χ4v) is 4.79. The first-order chi connectivity index (χ1) is 10.8. The summed E-state index contributed by atoms with van der Waals surface area (Å²) < 4.78 is 26.8. The minimum absolute atomic E-state index is 0. The zero-order chi connectivity index (χ0) is 17.0. The van der Waals surface area contributed by atoms with E-state index < -0.39 is 10.0 Å². The number of piperidine rings is 1. The van der Waals surface area contributed by atoms with Gasteiger partial charge in [0.2, 0.25) is 15.9 Å². The summed E-state index contributed by atoms with van der Waals surface area (Å²) in [5.41, 5.74) is 5.36. The number of amides is 1. The van der Waals surface area contributed by atoms with Gasteiger partial charge in [-0.2, -0.15) is 4.31 Å². The summed E-state index contributed by atoms with van der Waals surface area (Å²) in [4.78, 5) is 12.1. The molecule has 136 valence electrons. The molecule has 2 rings (SSSR count). The Balaban J connectivity index is 0.00000288. The normalized spacial score (nSPS) is 18.7. The van der Waals surface area contributed by atoms with Crippen molar-refractivity contribution in [1.82, 2.24) is 9.62 Å². The van der Waals surface area contributed by atoms with Crippen LogP contribution in [0.2, 0.25) is 10.0 Å². The molecule has 6 nitrogen and oxygen atoms in total. The summed E-state index contributed by atoms with van der Waals surface area (Å²) in [6.45, 7) is 1.24. The number of halogens is 3. The van der Waals surface area contributed by atoms with E-state index >= 15 is 0 Å². The lowest BCUT2D eigenvalue weighted by Gasteiger charge is -2.31. The first kappa shape index (κ1) is 21.5. The van der Waals surface area contributed by atoms with Gasteiger partial charge in [0, 0.05) is 36.2 Å². The SMILES string of the molecule is Cl.NCCNC(=O)C1CCCN(S(=O)(=O)c2cc(Cl)cc(Cl)c2)C1. The van der Waals surface area contributed by atoms with Gasteiger partial charge >= 0.3 is 0 Å². The highest BCUT2D eigenvalue weighted by molar-refractivity contribution is 7.89. The molecule has 0 aliphatic carbocycles. The highest BCUT2D eigenvalue weighted by Gasteiger charge is 2.33. The lowest BCUT2D eigenvalue weighted by molar-refractivity contribution is -0.126. The van der Waals surface area contributed by atoms with Crippen molar-refractivity contribution in [2.45, 2.75) is 17.7 Å². The molecule has 1 aromatic carbocycles. The Kier molecular flexibility index (Phi) is 8.25. The topological polar surface area (TPSA) is 92.5 Å². The van der Waals surface area contributed by atoms with E-state index in [4.69, 9.17) is 28.9 Å². The first-order valence-electron chi connectivity index (χ1n) is 7.28. The van der Waals surface area contributed by atoms with Crippen LogP contribution >= 0.6 is 35.6 Å². The minimum Gasteiger partial charge on any atom is -0.355 e. The summed E-state index contributed by atoms with van der Waals surface area (Å²) in [6, 6.07) is 4.20. The van der Waals surface area contributed by atoms with E-state index in [1.165, 1.54) is 22.5 Å². The zero-order valence-corrected chi connectivity index (χ0v) is 16.0. The van der Waals surface area contributed by atoms with Gasteiger partial charge in [-0.25, -0.2) is 8.42 Å². The number of benzene rings is 1. The van der Waals surface area contributed by atoms with Gasteiger partial charge in [0.15, 0.2) is 0 Å². The third-order valence-corrected chi connectivity index (χ3v) is 5.95. The van der Waals surface area contributed by atoms with Crippen LogP contribution in [0.5, 0.6) is 0 Å². The monoisotopic (exact) mass is 415 g/mol. The van der Waals surface area contributed by atoms with Gasteiger partial charge in [0.1, 0.15) is 0 Å². The quantitative estimate of drug-likeness (QED) is 0.766. The van der Waals surface area contributed by atoms with E-state index in [0.29, 0.717) is 32.5 Å². The van der Waals surface area contributed by atoms with Gasteiger partial charge in [-0.15, -0.1) is 12.4 Å². The zero-order valence-electron chi connectivity index (χ0n) is 12.9. The molecule has 1 aliphatic rings. The molecule has 0 saturated carbocycles. The Labute approximate surface area is 158 Å². The predicted octanol–water partition coefficient (Wildman–Crippen LogP) is 1.89. The first-order valence-corrected chi connectivity index (χ1v) is 9.48. The van der Waals surface area contributed by atoms with Gasteiger partial charge in [-0.05, 0) is 31.0 Å². The van der Waals surface area contributed by atoms with E-state index in [1.807, 2.05) is 0 Å². The molecule has 1 unspecified atom stereocenters. The van der Waals surface area contributed by atoms with Crippen molar-refractivity contribution in [1.29, 1.82) is 0 Å². The van der Waals surface area contributed by atoms with Crippen LogP contribution in [0.4, 0.5) is 0 Å². The summed E-state index contributed by atoms with van der Waals surface area (Å²) >= 11 is 11.8. The smallest absolute Gasteiger partial charge is 0.243 e. The Morgan fingerprint density at radius 2 is 1.92 bits per heavy atom. The van der Waals surface area contributed by atoms with Crippen molar-refractivity contribution >= 4 is 51.5 Å². The van der Waals surface area contributed by atoms with Crippen LogP contribution < -0.4 is 11.1 Å². The Morgan fingerprint density at radius 3 is 2.50 bits per heavy atom. The molecule has 1 aliphatic heterocycles. The fraction of sp³-hybridized carbons (Fsp3) is 0.500. The Morgan fingerprint density at radius 1 is 1.29 bits per heavy atom. The summed E-state index contributed by atoms with van der Waals surface area (Å²) in [5, 5.41) is 3.21. The summed E-state index contributed by atoms with van der Waals surface area (Å²) in [5.74, 6) is -0.542. The number of nitrogens with zero attached hydrogens (tertiary/aromatic N) is 1. The molecule has 3 N–H and O–H groups in total.